The quantitative estimate of drug-likeness (QED) is 0.451. The van der Waals surface area contributed by atoms with Crippen LogP contribution in [-0.4, -0.2) is 42.2 Å². The zero-order valence-electron chi connectivity index (χ0n) is 18.3. The zero-order chi connectivity index (χ0) is 24.8. The summed E-state index contributed by atoms with van der Waals surface area (Å²) in [5.41, 5.74) is -0.396. The molecular weight excluding hydrogens is 485 g/mol. The number of carbonyl (C=O) groups is 1. The van der Waals surface area contributed by atoms with Crippen molar-refractivity contribution in [2.45, 2.75) is 6.18 Å². The van der Waals surface area contributed by atoms with Crippen molar-refractivity contribution in [2.75, 3.05) is 36.5 Å². The Morgan fingerprint density at radius 2 is 1.94 bits per heavy atom. The van der Waals surface area contributed by atoms with Gasteiger partial charge in [0.25, 0.3) is 0 Å². The summed E-state index contributed by atoms with van der Waals surface area (Å²) < 4.78 is 50.2. The second kappa shape index (κ2) is 10.7. The van der Waals surface area contributed by atoms with Crippen LogP contribution in [0.2, 0.25) is 5.02 Å². The van der Waals surface area contributed by atoms with E-state index in [-0.39, 0.29) is 5.69 Å². The molecular formula is C24H20ClF3N4O3. The van der Waals surface area contributed by atoms with Gasteiger partial charge in [-0.25, -0.2) is 4.98 Å². The van der Waals surface area contributed by atoms with E-state index < -0.39 is 22.7 Å². The van der Waals surface area contributed by atoms with Crippen LogP contribution in [0, 0.1) is 0 Å². The number of morpholine rings is 1. The van der Waals surface area contributed by atoms with Gasteiger partial charge in [0.2, 0.25) is 17.7 Å². The molecule has 2 heterocycles. The van der Waals surface area contributed by atoms with Gasteiger partial charge in [-0.05, 0) is 42.0 Å². The Balaban J connectivity index is 1.40. The summed E-state index contributed by atoms with van der Waals surface area (Å²) >= 11 is 5.61. The average Bonchev–Trinajstić information content (AvgIpc) is 2.84. The van der Waals surface area contributed by atoms with E-state index in [1.54, 1.807) is 36.5 Å². The summed E-state index contributed by atoms with van der Waals surface area (Å²) in [5, 5.41) is 1.96. The molecule has 182 valence electrons. The Kier molecular flexibility index (Phi) is 7.52. The molecule has 35 heavy (non-hydrogen) atoms. The van der Waals surface area contributed by atoms with E-state index in [9.17, 15) is 18.0 Å². The van der Waals surface area contributed by atoms with Crippen LogP contribution in [-0.2, 0) is 15.7 Å². The number of benzene rings is 2. The number of nitrogens with zero attached hydrogens (tertiary/aromatic N) is 3. The third-order valence-corrected chi connectivity index (χ3v) is 5.29. The normalized spacial score (nSPS) is 14.2. The van der Waals surface area contributed by atoms with Crippen LogP contribution in [0.5, 0.6) is 11.6 Å². The first-order valence-corrected chi connectivity index (χ1v) is 11.0. The van der Waals surface area contributed by atoms with Crippen LogP contribution in [0.25, 0.3) is 6.08 Å². The Morgan fingerprint density at radius 1 is 1.14 bits per heavy atom. The number of alkyl halides is 3. The summed E-state index contributed by atoms with van der Waals surface area (Å²) in [6.07, 6.45) is -0.285. The van der Waals surface area contributed by atoms with E-state index in [1.807, 2.05) is 4.90 Å². The molecule has 1 amide bonds. The third-order valence-electron chi connectivity index (χ3n) is 4.96. The molecule has 4 rings (SSSR count). The molecule has 0 atom stereocenters. The van der Waals surface area contributed by atoms with E-state index >= 15 is 0 Å². The summed E-state index contributed by atoms with van der Waals surface area (Å²) in [7, 11) is 0. The van der Waals surface area contributed by atoms with Crippen molar-refractivity contribution < 1.29 is 27.4 Å². The van der Waals surface area contributed by atoms with E-state index in [2.05, 4.69) is 15.3 Å². The first kappa shape index (κ1) is 24.5. The van der Waals surface area contributed by atoms with Gasteiger partial charge in [-0.3, -0.25) is 4.79 Å². The molecule has 1 aromatic heterocycles. The van der Waals surface area contributed by atoms with Crippen LogP contribution in [0.3, 0.4) is 0 Å². The number of aromatic nitrogens is 2. The number of halogens is 4. The van der Waals surface area contributed by atoms with E-state index in [4.69, 9.17) is 21.1 Å². The minimum atomic E-state index is -4.62. The maximum Gasteiger partial charge on any atom is 0.417 e. The summed E-state index contributed by atoms with van der Waals surface area (Å²) in [5.74, 6) is 0.808. The van der Waals surface area contributed by atoms with Gasteiger partial charge in [-0.2, -0.15) is 18.2 Å². The predicted molar refractivity (Wildman–Crippen MR) is 126 cm³/mol. The average molecular weight is 505 g/mol. The highest BCUT2D eigenvalue weighted by Gasteiger charge is 2.33. The van der Waals surface area contributed by atoms with E-state index in [1.165, 1.54) is 18.2 Å². The van der Waals surface area contributed by atoms with Crippen LogP contribution in [0.15, 0.2) is 60.8 Å². The second-order valence-electron chi connectivity index (χ2n) is 7.48. The lowest BCUT2D eigenvalue weighted by molar-refractivity contribution is -0.137. The second-order valence-corrected chi connectivity index (χ2v) is 7.89. The first-order valence-electron chi connectivity index (χ1n) is 10.6. The molecule has 0 bridgehead atoms. The van der Waals surface area contributed by atoms with Crippen LogP contribution < -0.4 is 15.0 Å². The molecule has 1 fully saturated rings. The fourth-order valence-electron chi connectivity index (χ4n) is 3.28. The molecule has 0 aliphatic carbocycles. The lowest BCUT2D eigenvalue weighted by Crippen LogP contribution is -2.37. The van der Waals surface area contributed by atoms with E-state index in [0.29, 0.717) is 49.4 Å². The number of anilines is 2. The monoisotopic (exact) mass is 504 g/mol. The Hall–Kier alpha value is -3.63. The molecule has 0 unspecified atom stereocenters. The van der Waals surface area contributed by atoms with Crippen molar-refractivity contribution in [1.82, 2.24) is 9.97 Å². The van der Waals surface area contributed by atoms with Crippen molar-refractivity contribution in [1.29, 1.82) is 0 Å². The standard InChI is InChI=1S/C24H20ClF3N4O3/c25-20-6-5-17(15-19(20)24(26,27)28)30-21(33)7-4-16-2-1-3-18(14-16)35-22-8-9-29-23(31-22)32-10-12-34-13-11-32/h1-9,14-15H,10-13H2,(H,30,33). The minimum absolute atomic E-state index is 0.0201. The number of ether oxygens (including phenoxy) is 2. The lowest BCUT2D eigenvalue weighted by atomic mass is 10.2. The number of hydrogen-bond acceptors (Lipinski definition) is 6. The van der Waals surface area contributed by atoms with Crippen molar-refractivity contribution in [3.05, 3.63) is 77.0 Å². The maximum absolute atomic E-state index is 13.0. The molecule has 1 N–H and O–H groups in total. The number of rotatable bonds is 6. The molecule has 0 spiro atoms. The number of carbonyl (C=O) groups excluding carboxylic acids is 1. The summed E-state index contributed by atoms with van der Waals surface area (Å²) in [6, 6.07) is 11.7. The molecule has 1 aliphatic heterocycles. The highest BCUT2D eigenvalue weighted by molar-refractivity contribution is 6.31. The van der Waals surface area contributed by atoms with Gasteiger partial charge in [0, 0.05) is 37.1 Å². The molecule has 7 nitrogen and oxygen atoms in total. The molecule has 11 heteroatoms. The van der Waals surface area contributed by atoms with Gasteiger partial charge in [0.1, 0.15) is 5.75 Å². The Morgan fingerprint density at radius 3 is 2.71 bits per heavy atom. The zero-order valence-corrected chi connectivity index (χ0v) is 19.0. The van der Waals surface area contributed by atoms with Gasteiger partial charge in [0.15, 0.2) is 0 Å². The highest BCUT2D eigenvalue weighted by atomic mass is 35.5. The molecule has 0 radical (unpaired) electrons. The van der Waals surface area contributed by atoms with E-state index in [0.717, 1.165) is 12.1 Å². The fraction of sp³-hybridized carbons (Fsp3) is 0.208. The van der Waals surface area contributed by atoms with Crippen molar-refractivity contribution in [3.8, 4) is 11.6 Å². The van der Waals surface area contributed by atoms with Crippen LogP contribution in [0.1, 0.15) is 11.1 Å². The maximum atomic E-state index is 13.0. The van der Waals surface area contributed by atoms with Crippen molar-refractivity contribution in [2.24, 2.45) is 0 Å². The molecule has 3 aromatic rings. The molecule has 2 aromatic carbocycles. The predicted octanol–water partition coefficient (Wildman–Crippen LogP) is 5.43. The fourth-order valence-corrected chi connectivity index (χ4v) is 3.51. The van der Waals surface area contributed by atoms with Gasteiger partial charge in [0.05, 0.1) is 23.8 Å². The number of amides is 1. The third kappa shape index (κ3) is 6.71. The number of nitrogens with one attached hydrogen (secondary N) is 1. The first-order chi connectivity index (χ1) is 16.8. The summed E-state index contributed by atoms with van der Waals surface area (Å²) in [4.78, 5) is 22.9. The van der Waals surface area contributed by atoms with Gasteiger partial charge in [-0.15, -0.1) is 0 Å². The van der Waals surface area contributed by atoms with Crippen molar-refractivity contribution >= 4 is 35.2 Å². The Labute approximate surface area is 204 Å². The smallest absolute Gasteiger partial charge is 0.417 e. The highest BCUT2D eigenvalue weighted by Crippen LogP contribution is 2.36. The van der Waals surface area contributed by atoms with Gasteiger partial charge >= 0.3 is 6.18 Å². The minimum Gasteiger partial charge on any atom is -0.439 e. The van der Waals surface area contributed by atoms with Gasteiger partial charge < -0.3 is 19.7 Å². The molecule has 1 aliphatic rings. The summed E-state index contributed by atoms with van der Waals surface area (Å²) in [6.45, 7) is 2.61. The van der Waals surface area contributed by atoms with Crippen LogP contribution >= 0.6 is 11.6 Å². The Bertz CT molecular complexity index is 1230. The van der Waals surface area contributed by atoms with Crippen molar-refractivity contribution in [3.63, 3.8) is 0 Å². The largest absolute Gasteiger partial charge is 0.439 e. The molecule has 1 saturated heterocycles. The number of hydrogen-bond donors (Lipinski definition) is 1. The van der Waals surface area contributed by atoms with Crippen LogP contribution in [0.4, 0.5) is 24.8 Å². The molecule has 0 saturated carbocycles. The van der Waals surface area contributed by atoms with Gasteiger partial charge in [-0.1, -0.05) is 23.7 Å². The SMILES string of the molecule is O=C(C=Cc1cccc(Oc2ccnc(N3CCOCC3)n2)c1)Nc1ccc(Cl)c(C(F)(F)F)c1. The topological polar surface area (TPSA) is 76.6 Å². The lowest BCUT2D eigenvalue weighted by Gasteiger charge is -2.26.